The Morgan fingerprint density at radius 2 is 0.776 bits per heavy atom. The molecule has 0 radical (unpaired) electrons. The van der Waals surface area contributed by atoms with Crippen molar-refractivity contribution in [1.82, 2.24) is 4.57 Å². The fraction of sp³-hybridized carbons (Fsp3) is 0. The highest BCUT2D eigenvalue weighted by atomic mass is 32.1. The molecule has 0 fully saturated rings. The number of hydrogen-bond acceptors (Lipinski definition) is 3. The molecule has 0 atom stereocenters. The van der Waals surface area contributed by atoms with Crippen molar-refractivity contribution in [1.29, 1.82) is 0 Å². The third-order valence-corrected chi connectivity index (χ3v) is 12.8. The van der Waals surface area contributed by atoms with Crippen LogP contribution in [0, 0.1) is 0 Å². The van der Waals surface area contributed by atoms with E-state index in [1.54, 1.807) is 0 Å². The minimum atomic E-state index is 1.10. The van der Waals surface area contributed by atoms with Crippen LogP contribution in [0.25, 0.3) is 69.9 Å². The quantitative estimate of drug-likeness (QED) is 0.178. The van der Waals surface area contributed by atoms with Crippen molar-refractivity contribution in [3.05, 3.63) is 212 Å². The molecule has 8 bridgehead atoms. The van der Waals surface area contributed by atoms with Crippen LogP contribution >= 0.6 is 11.3 Å². The van der Waals surface area contributed by atoms with Crippen molar-refractivity contribution in [3.63, 3.8) is 0 Å². The average Bonchev–Trinajstić information content (AvgIpc) is 3.83. The third-order valence-electron chi connectivity index (χ3n) is 11.6. The summed E-state index contributed by atoms with van der Waals surface area (Å²) in [5.41, 5.74) is 14.8. The van der Waals surface area contributed by atoms with Crippen molar-refractivity contribution >= 4 is 87.4 Å². The van der Waals surface area contributed by atoms with Crippen LogP contribution in [0.4, 0.5) is 34.1 Å². The molecule has 0 aliphatic carbocycles. The molecule has 0 saturated heterocycles. The highest BCUT2D eigenvalue weighted by molar-refractivity contribution is 7.25. The topological polar surface area (TPSA) is 11.4 Å². The SMILES string of the molecule is c1ccc(-n2c3ccccc3c3c(N4c5cccc(c5)-c5cccc(c5)N(c5ccc6c(c5)sc5ccccc56)c5cccc(c5)-c5cccc4c5)cccc32)cc1. The van der Waals surface area contributed by atoms with E-state index >= 15 is 0 Å². The number of para-hydroxylation sites is 2. The number of anilines is 6. The molecule has 0 saturated carbocycles. The molecule has 58 heavy (non-hydrogen) atoms. The van der Waals surface area contributed by atoms with Crippen molar-refractivity contribution in [3.8, 4) is 27.9 Å². The smallest absolute Gasteiger partial charge is 0.0562 e. The second-order valence-electron chi connectivity index (χ2n) is 15.0. The summed E-state index contributed by atoms with van der Waals surface area (Å²) in [5.74, 6) is 0. The lowest BCUT2D eigenvalue weighted by Crippen LogP contribution is -2.11. The molecule has 3 nitrogen and oxygen atoms in total. The Morgan fingerprint density at radius 1 is 0.293 bits per heavy atom. The van der Waals surface area contributed by atoms with Gasteiger partial charge in [0, 0.05) is 65.1 Å². The number of hydrogen-bond donors (Lipinski definition) is 0. The molecule has 0 N–H and O–H groups in total. The fourth-order valence-corrected chi connectivity index (χ4v) is 10.2. The van der Waals surface area contributed by atoms with Crippen LogP contribution in [-0.4, -0.2) is 4.57 Å². The van der Waals surface area contributed by atoms with E-state index in [4.69, 9.17) is 0 Å². The summed E-state index contributed by atoms with van der Waals surface area (Å²) < 4.78 is 4.99. The van der Waals surface area contributed by atoms with Crippen LogP contribution in [0.1, 0.15) is 0 Å². The van der Waals surface area contributed by atoms with Gasteiger partial charge in [0.2, 0.25) is 0 Å². The van der Waals surface area contributed by atoms with E-state index < -0.39 is 0 Å². The third kappa shape index (κ3) is 5.19. The maximum atomic E-state index is 2.45. The van der Waals surface area contributed by atoms with Crippen molar-refractivity contribution in [2.24, 2.45) is 0 Å². The number of fused-ring (bicyclic) bond motifs is 16. The maximum Gasteiger partial charge on any atom is 0.0562 e. The predicted octanol–water partition coefficient (Wildman–Crippen LogP) is 15.7. The minimum absolute atomic E-state index is 1.10. The first-order chi connectivity index (χ1) is 28.7. The van der Waals surface area contributed by atoms with Crippen molar-refractivity contribution in [2.45, 2.75) is 0 Å². The van der Waals surface area contributed by atoms with E-state index in [0.29, 0.717) is 0 Å². The summed E-state index contributed by atoms with van der Waals surface area (Å²) in [6.07, 6.45) is 0. The number of thiophene rings is 1. The molecule has 9 aromatic carbocycles. The molecule has 4 heteroatoms. The highest BCUT2D eigenvalue weighted by Crippen LogP contribution is 2.47. The van der Waals surface area contributed by atoms with Gasteiger partial charge < -0.3 is 14.4 Å². The van der Waals surface area contributed by atoms with E-state index in [1.807, 2.05) is 11.3 Å². The van der Waals surface area contributed by atoms with Crippen molar-refractivity contribution in [2.75, 3.05) is 9.80 Å². The lowest BCUT2D eigenvalue weighted by atomic mass is 9.99. The van der Waals surface area contributed by atoms with Gasteiger partial charge in [-0.05, 0) is 119 Å². The Balaban J connectivity index is 1.10. The van der Waals surface area contributed by atoms with Gasteiger partial charge in [-0.2, -0.15) is 0 Å². The minimum Gasteiger partial charge on any atom is -0.310 e. The summed E-state index contributed by atoms with van der Waals surface area (Å²) in [6, 6.07) is 77.9. The lowest BCUT2D eigenvalue weighted by Gasteiger charge is -2.29. The molecule has 12 rings (SSSR count). The number of nitrogens with zero attached hydrogens (tertiary/aromatic N) is 3. The van der Waals surface area contributed by atoms with Gasteiger partial charge in [0.15, 0.2) is 0 Å². The molecule has 1 aliphatic rings. The first kappa shape index (κ1) is 32.8. The van der Waals surface area contributed by atoms with E-state index in [9.17, 15) is 0 Å². The molecule has 0 unspecified atom stereocenters. The van der Waals surface area contributed by atoms with Gasteiger partial charge in [-0.25, -0.2) is 0 Å². The Labute approximate surface area is 340 Å². The van der Waals surface area contributed by atoms with Gasteiger partial charge in [-0.3, -0.25) is 0 Å². The van der Waals surface area contributed by atoms with Gasteiger partial charge in [-0.1, -0.05) is 115 Å². The molecular formula is C54H35N3S. The first-order valence-corrected chi connectivity index (χ1v) is 20.6. The van der Waals surface area contributed by atoms with E-state index in [-0.39, 0.29) is 0 Å². The molecule has 272 valence electrons. The monoisotopic (exact) mass is 757 g/mol. The summed E-state index contributed by atoms with van der Waals surface area (Å²) in [4.78, 5) is 4.86. The Morgan fingerprint density at radius 3 is 1.43 bits per heavy atom. The van der Waals surface area contributed by atoms with Crippen LogP contribution in [-0.2, 0) is 0 Å². The normalized spacial score (nSPS) is 12.4. The van der Waals surface area contributed by atoms with E-state index in [1.165, 1.54) is 42.0 Å². The summed E-state index contributed by atoms with van der Waals surface area (Å²) in [5, 5.41) is 5.05. The van der Waals surface area contributed by atoms with Gasteiger partial charge in [0.05, 0.1) is 16.7 Å². The molecule has 0 amide bonds. The van der Waals surface area contributed by atoms with Crippen LogP contribution < -0.4 is 9.80 Å². The van der Waals surface area contributed by atoms with Gasteiger partial charge in [0.25, 0.3) is 0 Å². The highest BCUT2D eigenvalue weighted by Gasteiger charge is 2.23. The first-order valence-electron chi connectivity index (χ1n) is 19.8. The van der Waals surface area contributed by atoms with E-state index in [0.717, 1.165) is 62.1 Å². The zero-order chi connectivity index (χ0) is 38.2. The van der Waals surface area contributed by atoms with Crippen LogP contribution in [0.3, 0.4) is 0 Å². The Kier molecular flexibility index (Phi) is 7.40. The number of benzene rings is 9. The van der Waals surface area contributed by atoms with Crippen LogP contribution in [0.15, 0.2) is 212 Å². The molecule has 0 spiro atoms. The molecule has 2 aromatic heterocycles. The average molecular weight is 758 g/mol. The summed E-state index contributed by atoms with van der Waals surface area (Å²) >= 11 is 1.86. The Bertz CT molecular complexity index is 3280. The largest absolute Gasteiger partial charge is 0.310 e. The zero-order valence-corrected chi connectivity index (χ0v) is 32.3. The standard InChI is InChI=1S/C54H35N3S/c1-2-17-40(18-3-1)57-49-25-6-4-24-48(49)54-50(26-12-27-51(54)57)56-43-21-10-15-38(33-43)36-13-8-19-41(31-36)55(42-20-9-14-37(32-42)39-16-11-22-44(56)34-39)45-29-30-47-46-23-5-7-28-52(46)58-53(47)35-45/h1-35H. The molecule has 1 aliphatic heterocycles. The fourth-order valence-electron chi connectivity index (χ4n) is 9.07. The zero-order valence-electron chi connectivity index (χ0n) is 31.5. The second-order valence-corrected chi connectivity index (χ2v) is 16.1. The van der Waals surface area contributed by atoms with Crippen LogP contribution in [0.2, 0.25) is 0 Å². The van der Waals surface area contributed by atoms with Gasteiger partial charge >= 0.3 is 0 Å². The van der Waals surface area contributed by atoms with E-state index in [2.05, 4.69) is 227 Å². The van der Waals surface area contributed by atoms with Gasteiger partial charge in [0.1, 0.15) is 0 Å². The van der Waals surface area contributed by atoms with Gasteiger partial charge in [-0.15, -0.1) is 11.3 Å². The molecule has 3 heterocycles. The predicted molar refractivity (Wildman–Crippen MR) is 247 cm³/mol. The summed E-state index contributed by atoms with van der Waals surface area (Å²) in [6.45, 7) is 0. The number of aromatic nitrogens is 1. The van der Waals surface area contributed by atoms with Crippen molar-refractivity contribution < 1.29 is 0 Å². The molecular weight excluding hydrogens is 723 g/mol. The van der Waals surface area contributed by atoms with Crippen LogP contribution in [0.5, 0.6) is 0 Å². The molecule has 11 aromatic rings. The maximum absolute atomic E-state index is 2.45. The summed E-state index contributed by atoms with van der Waals surface area (Å²) in [7, 11) is 0. The lowest BCUT2D eigenvalue weighted by molar-refractivity contribution is 1.18. The second kappa shape index (κ2) is 13.1. The number of rotatable bonds is 3. The Hall–Kier alpha value is -7.40.